The molecule has 0 radical (unpaired) electrons. The summed E-state index contributed by atoms with van der Waals surface area (Å²) in [4.78, 5) is 24.9. The number of carbonyl (C=O) groups is 2. The van der Waals surface area contributed by atoms with Crippen LogP contribution in [-0.2, 0) is 0 Å². The fourth-order valence-electron chi connectivity index (χ4n) is 2.82. The van der Waals surface area contributed by atoms with Crippen molar-refractivity contribution in [2.24, 2.45) is 5.92 Å². The summed E-state index contributed by atoms with van der Waals surface area (Å²) in [6.07, 6.45) is 2.36. The molecule has 0 aromatic heterocycles. The Morgan fingerprint density at radius 1 is 1.20 bits per heavy atom. The van der Waals surface area contributed by atoms with Crippen LogP contribution < -0.4 is 10.6 Å². The van der Waals surface area contributed by atoms with E-state index in [4.69, 9.17) is 0 Å². The molecule has 1 aromatic carbocycles. The first kappa shape index (κ1) is 13.1. The lowest BCUT2D eigenvalue weighted by Crippen LogP contribution is -2.31. The molecule has 2 aliphatic rings. The van der Waals surface area contributed by atoms with Crippen molar-refractivity contribution in [3.63, 3.8) is 0 Å². The second kappa shape index (κ2) is 5.25. The highest BCUT2D eigenvalue weighted by molar-refractivity contribution is 6.21. The smallest absolute Gasteiger partial charge is 0.261 e. The van der Waals surface area contributed by atoms with Gasteiger partial charge in [-0.3, -0.25) is 14.5 Å². The van der Waals surface area contributed by atoms with Crippen LogP contribution in [0.25, 0.3) is 0 Å². The Hall–Kier alpha value is -1.88. The first-order valence-corrected chi connectivity index (χ1v) is 7.08. The summed E-state index contributed by atoms with van der Waals surface area (Å²) in [5, 5.41) is 6.73. The summed E-state index contributed by atoms with van der Waals surface area (Å²) >= 11 is 0. The van der Waals surface area contributed by atoms with Crippen LogP contribution in [0.1, 0.15) is 33.6 Å². The number of nitrogens with zero attached hydrogens (tertiary/aromatic N) is 1. The maximum absolute atomic E-state index is 11.9. The molecule has 0 aliphatic carbocycles. The maximum atomic E-state index is 11.9. The van der Waals surface area contributed by atoms with Crippen molar-refractivity contribution in [1.82, 2.24) is 10.2 Å². The second-order valence-electron chi connectivity index (χ2n) is 5.50. The largest absolute Gasteiger partial charge is 0.385 e. The highest BCUT2D eigenvalue weighted by Gasteiger charge is 2.32. The molecule has 0 saturated carbocycles. The van der Waals surface area contributed by atoms with Gasteiger partial charge in [0.05, 0.1) is 11.1 Å². The number of carbonyl (C=O) groups excluding carboxylic acids is 2. The molecule has 3 rings (SSSR count). The topological polar surface area (TPSA) is 61.4 Å². The minimum absolute atomic E-state index is 0.212. The zero-order valence-corrected chi connectivity index (χ0v) is 11.6. The lowest BCUT2D eigenvalue weighted by atomic mass is 9.98. The number of amides is 2. The van der Waals surface area contributed by atoms with Gasteiger partial charge in [-0.05, 0) is 50.0 Å². The summed E-state index contributed by atoms with van der Waals surface area (Å²) in [6, 6.07) is 5.41. The Labute approximate surface area is 118 Å². The van der Waals surface area contributed by atoms with E-state index in [0.717, 1.165) is 25.3 Å². The van der Waals surface area contributed by atoms with Crippen LogP contribution in [0.2, 0.25) is 0 Å². The molecule has 0 spiro atoms. The van der Waals surface area contributed by atoms with E-state index in [-0.39, 0.29) is 11.8 Å². The molecular weight excluding hydrogens is 254 g/mol. The van der Waals surface area contributed by atoms with Crippen molar-refractivity contribution in [3.05, 3.63) is 29.3 Å². The van der Waals surface area contributed by atoms with Crippen molar-refractivity contribution >= 4 is 17.5 Å². The first-order valence-electron chi connectivity index (χ1n) is 7.08. The molecule has 1 saturated heterocycles. The van der Waals surface area contributed by atoms with Crippen molar-refractivity contribution in [1.29, 1.82) is 0 Å². The number of hydrogen-bond acceptors (Lipinski definition) is 4. The highest BCUT2D eigenvalue weighted by atomic mass is 16.2. The molecule has 5 heteroatoms. The monoisotopic (exact) mass is 273 g/mol. The zero-order valence-electron chi connectivity index (χ0n) is 11.6. The molecule has 1 fully saturated rings. The molecule has 2 aliphatic heterocycles. The number of benzene rings is 1. The Bertz CT molecular complexity index is 550. The zero-order chi connectivity index (χ0) is 14.1. The van der Waals surface area contributed by atoms with Crippen molar-refractivity contribution < 1.29 is 9.59 Å². The minimum atomic E-state index is -0.213. The summed E-state index contributed by atoms with van der Waals surface area (Å²) in [5.74, 6) is 0.245. The molecule has 0 atom stereocenters. The van der Waals surface area contributed by atoms with Gasteiger partial charge in [0, 0.05) is 19.3 Å². The fraction of sp³-hybridized carbons (Fsp3) is 0.467. The molecule has 0 unspecified atom stereocenters. The van der Waals surface area contributed by atoms with Gasteiger partial charge in [0.1, 0.15) is 0 Å². The predicted molar refractivity (Wildman–Crippen MR) is 76.9 cm³/mol. The van der Waals surface area contributed by atoms with Crippen molar-refractivity contribution in [2.45, 2.75) is 12.8 Å². The van der Waals surface area contributed by atoms with Gasteiger partial charge in [-0.15, -0.1) is 0 Å². The van der Waals surface area contributed by atoms with Gasteiger partial charge in [-0.1, -0.05) is 0 Å². The number of fused-ring (bicyclic) bond motifs is 1. The lowest BCUT2D eigenvalue weighted by Gasteiger charge is -2.23. The van der Waals surface area contributed by atoms with Gasteiger partial charge >= 0.3 is 0 Å². The van der Waals surface area contributed by atoms with Gasteiger partial charge in [0.25, 0.3) is 11.8 Å². The van der Waals surface area contributed by atoms with Gasteiger partial charge in [-0.25, -0.2) is 0 Å². The molecule has 0 bridgehead atoms. The van der Waals surface area contributed by atoms with Crippen molar-refractivity contribution in [3.8, 4) is 0 Å². The Balaban J connectivity index is 1.70. The standard InChI is InChI=1S/C15H19N3O2/c1-18-14(19)12-3-2-11(8-13(12)15(18)20)17-9-10-4-6-16-7-5-10/h2-3,8,10,16-17H,4-7,9H2,1H3. The number of hydrogen-bond donors (Lipinski definition) is 2. The Morgan fingerprint density at radius 3 is 2.65 bits per heavy atom. The normalized spacial score (nSPS) is 19.4. The van der Waals surface area contributed by atoms with E-state index in [0.29, 0.717) is 17.0 Å². The van der Waals surface area contributed by atoms with E-state index in [1.807, 2.05) is 6.07 Å². The van der Waals surface area contributed by atoms with Crippen LogP contribution in [0.5, 0.6) is 0 Å². The Morgan fingerprint density at radius 2 is 1.90 bits per heavy atom. The van der Waals surface area contributed by atoms with E-state index in [1.165, 1.54) is 24.8 Å². The minimum Gasteiger partial charge on any atom is -0.385 e. The number of nitrogens with one attached hydrogen (secondary N) is 2. The summed E-state index contributed by atoms with van der Waals surface area (Å²) in [5.41, 5.74) is 1.93. The maximum Gasteiger partial charge on any atom is 0.261 e. The SMILES string of the molecule is CN1C(=O)c2ccc(NCC3CCNCC3)cc2C1=O. The first-order chi connectivity index (χ1) is 9.66. The third kappa shape index (κ3) is 2.29. The molecule has 2 heterocycles. The molecule has 20 heavy (non-hydrogen) atoms. The van der Waals surface area contributed by atoms with Gasteiger partial charge < -0.3 is 10.6 Å². The predicted octanol–water partition coefficient (Wildman–Crippen LogP) is 1.32. The molecule has 2 N–H and O–H groups in total. The van der Waals surface area contributed by atoms with Crippen LogP contribution >= 0.6 is 0 Å². The summed E-state index contributed by atoms with van der Waals surface area (Å²) in [6.45, 7) is 3.07. The third-order valence-corrected chi connectivity index (χ3v) is 4.14. The van der Waals surface area contributed by atoms with E-state index in [1.54, 1.807) is 12.1 Å². The third-order valence-electron chi connectivity index (χ3n) is 4.14. The van der Waals surface area contributed by atoms with Gasteiger partial charge in [0.2, 0.25) is 0 Å². The molecule has 106 valence electrons. The average Bonchev–Trinajstić information content (AvgIpc) is 2.71. The number of imide groups is 1. The van der Waals surface area contributed by atoms with E-state index >= 15 is 0 Å². The van der Waals surface area contributed by atoms with E-state index < -0.39 is 0 Å². The molecule has 5 nitrogen and oxygen atoms in total. The lowest BCUT2D eigenvalue weighted by molar-refractivity contribution is 0.0693. The van der Waals surface area contributed by atoms with Crippen LogP contribution in [0, 0.1) is 5.92 Å². The number of piperidine rings is 1. The molecular formula is C15H19N3O2. The quantitative estimate of drug-likeness (QED) is 0.816. The van der Waals surface area contributed by atoms with Crippen LogP contribution in [0.4, 0.5) is 5.69 Å². The molecule has 2 amide bonds. The molecule has 1 aromatic rings. The van der Waals surface area contributed by atoms with E-state index in [2.05, 4.69) is 10.6 Å². The number of rotatable bonds is 3. The fourth-order valence-corrected chi connectivity index (χ4v) is 2.82. The van der Waals surface area contributed by atoms with Crippen LogP contribution in [-0.4, -0.2) is 43.4 Å². The highest BCUT2D eigenvalue weighted by Crippen LogP contribution is 2.25. The van der Waals surface area contributed by atoms with Gasteiger partial charge in [-0.2, -0.15) is 0 Å². The van der Waals surface area contributed by atoms with E-state index in [9.17, 15) is 9.59 Å². The summed E-state index contributed by atoms with van der Waals surface area (Å²) < 4.78 is 0. The van der Waals surface area contributed by atoms with Crippen LogP contribution in [0.3, 0.4) is 0 Å². The number of anilines is 1. The Kier molecular flexibility index (Phi) is 3.44. The van der Waals surface area contributed by atoms with Gasteiger partial charge in [0.15, 0.2) is 0 Å². The average molecular weight is 273 g/mol. The van der Waals surface area contributed by atoms with Crippen molar-refractivity contribution in [2.75, 3.05) is 32.0 Å². The van der Waals surface area contributed by atoms with Crippen LogP contribution in [0.15, 0.2) is 18.2 Å². The summed E-state index contributed by atoms with van der Waals surface area (Å²) in [7, 11) is 1.52. The second-order valence-corrected chi connectivity index (χ2v) is 5.50.